The summed E-state index contributed by atoms with van der Waals surface area (Å²) in [6.07, 6.45) is 1.48. The second-order valence-corrected chi connectivity index (χ2v) is 4.55. The van der Waals surface area contributed by atoms with E-state index in [0.717, 1.165) is 0 Å². The molecule has 1 aromatic heterocycles. The molecule has 0 aliphatic carbocycles. The molecule has 2 aromatic rings. The number of carbonyl (C=O) groups excluding carboxylic acids is 1. The number of alkyl halides is 2. The summed E-state index contributed by atoms with van der Waals surface area (Å²) in [5, 5.41) is 2.56. The Balaban J connectivity index is 2.14. The topological polar surface area (TPSA) is 51.2 Å². The van der Waals surface area contributed by atoms with Crippen LogP contribution in [0.2, 0.25) is 0 Å². The van der Waals surface area contributed by atoms with Gasteiger partial charge in [0.1, 0.15) is 11.4 Å². The molecule has 0 unspecified atom stereocenters. The Hall–Kier alpha value is -2.02. The van der Waals surface area contributed by atoms with Crippen LogP contribution in [0.1, 0.15) is 10.5 Å². The van der Waals surface area contributed by atoms with Crippen molar-refractivity contribution in [2.45, 2.75) is 6.61 Å². The van der Waals surface area contributed by atoms with Crippen LogP contribution in [0, 0.1) is 0 Å². The zero-order chi connectivity index (χ0) is 14.5. The number of amides is 1. The highest BCUT2D eigenvalue weighted by atomic mass is 79.9. The van der Waals surface area contributed by atoms with Gasteiger partial charge in [0.05, 0.1) is 0 Å². The van der Waals surface area contributed by atoms with E-state index >= 15 is 0 Å². The van der Waals surface area contributed by atoms with Gasteiger partial charge in [0, 0.05) is 22.4 Å². The SMILES string of the molecule is O=C(Nc1cccc(OC(F)F)c1)c1ncccc1Br. The molecule has 1 amide bonds. The minimum absolute atomic E-state index is 0.0297. The van der Waals surface area contributed by atoms with Crippen molar-refractivity contribution in [1.82, 2.24) is 4.98 Å². The number of nitrogens with zero attached hydrogens (tertiary/aromatic N) is 1. The summed E-state index contributed by atoms with van der Waals surface area (Å²) in [4.78, 5) is 15.9. The van der Waals surface area contributed by atoms with E-state index in [0.29, 0.717) is 10.2 Å². The summed E-state index contributed by atoms with van der Waals surface area (Å²) in [6.45, 7) is -2.91. The molecule has 0 radical (unpaired) electrons. The van der Waals surface area contributed by atoms with Gasteiger partial charge in [-0.3, -0.25) is 4.79 Å². The van der Waals surface area contributed by atoms with Crippen molar-refractivity contribution in [3.05, 3.63) is 52.8 Å². The molecule has 0 atom stereocenters. The maximum atomic E-state index is 12.1. The molecule has 0 aliphatic rings. The van der Waals surface area contributed by atoms with Gasteiger partial charge in [-0.1, -0.05) is 6.07 Å². The maximum Gasteiger partial charge on any atom is 0.387 e. The molecule has 1 heterocycles. The lowest BCUT2D eigenvalue weighted by atomic mass is 10.2. The molecule has 4 nitrogen and oxygen atoms in total. The Morgan fingerprint density at radius 3 is 2.80 bits per heavy atom. The molecule has 0 spiro atoms. The van der Waals surface area contributed by atoms with Crippen molar-refractivity contribution in [3.63, 3.8) is 0 Å². The van der Waals surface area contributed by atoms with Gasteiger partial charge in [-0.15, -0.1) is 0 Å². The van der Waals surface area contributed by atoms with Gasteiger partial charge >= 0.3 is 6.61 Å². The number of anilines is 1. The first kappa shape index (κ1) is 14.4. The molecular formula is C13H9BrF2N2O2. The summed E-state index contributed by atoms with van der Waals surface area (Å²) < 4.78 is 29.0. The van der Waals surface area contributed by atoms with Crippen LogP contribution in [-0.2, 0) is 0 Å². The highest BCUT2D eigenvalue weighted by Gasteiger charge is 2.12. The highest BCUT2D eigenvalue weighted by molar-refractivity contribution is 9.10. The molecule has 0 saturated heterocycles. The van der Waals surface area contributed by atoms with Crippen molar-refractivity contribution >= 4 is 27.5 Å². The number of aromatic nitrogens is 1. The monoisotopic (exact) mass is 342 g/mol. The molecule has 0 saturated carbocycles. The predicted octanol–water partition coefficient (Wildman–Crippen LogP) is 3.70. The van der Waals surface area contributed by atoms with E-state index in [2.05, 4.69) is 31.0 Å². The Bertz CT molecular complexity index is 623. The van der Waals surface area contributed by atoms with Crippen LogP contribution in [0.25, 0.3) is 0 Å². The maximum absolute atomic E-state index is 12.1. The van der Waals surface area contributed by atoms with Crippen molar-refractivity contribution in [1.29, 1.82) is 0 Å². The molecule has 0 aliphatic heterocycles. The lowest BCUT2D eigenvalue weighted by Gasteiger charge is -2.08. The Morgan fingerprint density at radius 2 is 2.10 bits per heavy atom. The van der Waals surface area contributed by atoms with Crippen LogP contribution in [0.4, 0.5) is 14.5 Å². The fourth-order valence-electron chi connectivity index (χ4n) is 1.49. The molecule has 0 fully saturated rings. The average molecular weight is 343 g/mol. The number of hydrogen-bond donors (Lipinski definition) is 1. The minimum atomic E-state index is -2.91. The standard InChI is InChI=1S/C13H9BrF2N2O2/c14-10-5-2-6-17-11(10)12(19)18-8-3-1-4-9(7-8)20-13(15)16/h1-7,13H,(H,18,19). The van der Waals surface area contributed by atoms with Crippen molar-refractivity contribution in [2.24, 2.45) is 0 Å². The molecule has 104 valence electrons. The first-order chi connectivity index (χ1) is 9.56. The van der Waals surface area contributed by atoms with E-state index in [-0.39, 0.29) is 11.4 Å². The lowest BCUT2D eigenvalue weighted by Crippen LogP contribution is -2.14. The predicted molar refractivity (Wildman–Crippen MR) is 73.0 cm³/mol. The zero-order valence-corrected chi connectivity index (χ0v) is 11.6. The smallest absolute Gasteiger partial charge is 0.387 e. The number of nitrogens with one attached hydrogen (secondary N) is 1. The Kier molecular flexibility index (Phi) is 4.62. The van der Waals surface area contributed by atoms with Crippen LogP contribution >= 0.6 is 15.9 Å². The normalized spacial score (nSPS) is 10.4. The molecular weight excluding hydrogens is 334 g/mol. The van der Waals surface area contributed by atoms with Gasteiger partial charge in [0.25, 0.3) is 5.91 Å². The molecule has 7 heteroatoms. The van der Waals surface area contributed by atoms with E-state index < -0.39 is 12.5 Å². The first-order valence-electron chi connectivity index (χ1n) is 5.53. The van der Waals surface area contributed by atoms with E-state index in [9.17, 15) is 13.6 Å². The second-order valence-electron chi connectivity index (χ2n) is 3.69. The highest BCUT2D eigenvalue weighted by Crippen LogP contribution is 2.21. The second kappa shape index (κ2) is 6.42. The van der Waals surface area contributed by atoms with E-state index in [1.807, 2.05) is 0 Å². The summed E-state index contributed by atoms with van der Waals surface area (Å²) in [5.41, 5.74) is 0.540. The number of benzene rings is 1. The van der Waals surface area contributed by atoms with E-state index in [1.54, 1.807) is 18.2 Å². The van der Waals surface area contributed by atoms with Crippen molar-refractivity contribution in [2.75, 3.05) is 5.32 Å². The van der Waals surface area contributed by atoms with Gasteiger partial charge in [-0.25, -0.2) is 4.98 Å². The number of pyridine rings is 1. The lowest BCUT2D eigenvalue weighted by molar-refractivity contribution is -0.0497. The summed E-state index contributed by atoms with van der Waals surface area (Å²) >= 11 is 3.21. The molecule has 2 rings (SSSR count). The quantitative estimate of drug-likeness (QED) is 0.921. The number of carbonyl (C=O) groups is 1. The van der Waals surface area contributed by atoms with Crippen LogP contribution in [0.5, 0.6) is 5.75 Å². The minimum Gasteiger partial charge on any atom is -0.435 e. The third-order valence-corrected chi connectivity index (χ3v) is 2.93. The van der Waals surface area contributed by atoms with Gasteiger partial charge in [0.2, 0.25) is 0 Å². The van der Waals surface area contributed by atoms with Crippen LogP contribution in [-0.4, -0.2) is 17.5 Å². The van der Waals surface area contributed by atoms with E-state index in [1.165, 1.54) is 24.4 Å². The van der Waals surface area contributed by atoms with Gasteiger partial charge in [-0.2, -0.15) is 8.78 Å². The fourth-order valence-corrected chi connectivity index (χ4v) is 1.93. The number of halogens is 3. The molecule has 20 heavy (non-hydrogen) atoms. The summed E-state index contributed by atoms with van der Waals surface area (Å²) in [6, 6.07) is 9.10. The Labute approximate surface area is 121 Å². The summed E-state index contributed by atoms with van der Waals surface area (Å²) in [7, 11) is 0. The van der Waals surface area contributed by atoms with Crippen LogP contribution in [0.3, 0.4) is 0 Å². The van der Waals surface area contributed by atoms with Crippen molar-refractivity contribution in [3.8, 4) is 5.75 Å². The van der Waals surface area contributed by atoms with Gasteiger partial charge in [-0.05, 0) is 40.2 Å². The van der Waals surface area contributed by atoms with Crippen LogP contribution < -0.4 is 10.1 Å². The van der Waals surface area contributed by atoms with Gasteiger partial charge in [0.15, 0.2) is 0 Å². The molecule has 0 bridgehead atoms. The zero-order valence-electron chi connectivity index (χ0n) is 10.0. The third kappa shape index (κ3) is 3.74. The Morgan fingerprint density at radius 1 is 1.30 bits per heavy atom. The largest absolute Gasteiger partial charge is 0.435 e. The number of hydrogen-bond acceptors (Lipinski definition) is 3. The number of ether oxygens (including phenoxy) is 1. The molecule has 1 N–H and O–H groups in total. The molecule has 1 aromatic carbocycles. The third-order valence-electron chi connectivity index (χ3n) is 2.29. The first-order valence-corrected chi connectivity index (χ1v) is 6.32. The van der Waals surface area contributed by atoms with E-state index in [4.69, 9.17) is 0 Å². The van der Waals surface area contributed by atoms with Crippen molar-refractivity contribution < 1.29 is 18.3 Å². The summed E-state index contributed by atoms with van der Waals surface area (Å²) in [5.74, 6) is -0.482. The average Bonchev–Trinajstić information content (AvgIpc) is 2.38. The fraction of sp³-hybridized carbons (Fsp3) is 0.0769. The van der Waals surface area contributed by atoms with Crippen LogP contribution in [0.15, 0.2) is 47.1 Å². The number of rotatable bonds is 4. The van der Waals surface area contributed by atoms with Gasteiger partial charge < -0.3 is 10.1 Å².